The van der Waals surface area contributed by atoms with E-state index in [2.05, 4.69) is 5.32 Å². The molecule has 0 fully saturated rings. The number of halogens is 1. The quantitative estimate of drug-likeness (QED) is 0.858. The minimum absolute atomic E-state index is 0.0742. The van der Waals surface area contributed by atoms with Gasteiger partial charge in [-0.25, -0.2) is 17.9 Å². The van der Waals surface area contributed by atoms with Gasteiger partial charge in [-0.05, 0) is 31.5 Å². The average molecular weight is 288 g/mol. The summed E-state index contributed by atoms with van der Waals surface area (Å²) in [7, 11) is -3.97. The summed E-state index contributed by atoms with van der Waals surface area (Å²) >= 11 is 0. The first-order valence-corrected chi connectivity index (χ1v) is 7.43. The molecule has 0 heterocycles. The molecule has 106 valence electrons. The standard InChI is InChI=1S/C12H17FN2O3S/c1-3-4-8(2)15-12(16)10-6-5-9(7-11(10)13)19(14,17)18/h5-8H,3-4H2,1-2H3,(H,15,16)(H2,14,17,18). The van der Waals surface area contributed by atoms with Gasteiger partial charge in [0.25, 0.3) is 5.91 Å². The van der Waals surface area contributed by atoms with E-state index in [9.17, 15) is 17.6 Å². The molecule has 19 heavy (non-hydrogen) atoms. The number of hydrogen-bond acceptors (Lipinski definition) is 3. The van der Waals surface area contributed by atoms with Gasteiger partial charge in [-0.2, -0.15) is 0 Å². The molecule has 0 spiro atoms. The number of hydrogen-bond donors (Lipinski definition) is 2. The lowest BCUT2D eigenvalue weighted by atomic mass is 10.1. The number of primary sulfonamides is 1. The highest BCUT2D eigenvalue weighted by atomic mass is 32.2. The molecule has 0 bridgehead atoms. The van der Waals surface area contributed by atoms with Crippen molar-refractivity contribution in [3.05, 3.63) is 29.6 Å². The Bertz CT molecular complexity index is 572. The van der Waals surface area contributed by atoms with Crippen LogP contribution < -0.4 is 10.5 Å². The molecular formula is C12H17FN2O3S. The maximum atomic E-state index is 13.7. The molecule has 0 aromatic heterocycles. The Kier molecular flexibility index (Phi) is 5.02. The molecule has 0 aliphatic carbocycles. The summed E-state index contributed by atoms with van der Waals surface area (Å²) in [5.41, 5.74) is -0.199. The predicted molar refractivity (Wildman–Crippen MR) is 69.6 cm³/mol. The van der Waals surface area contributed by atoms with Gasteiger partial charge < -0.3 is 5.32 Å². The zero-order chi connectivity index (χ0) is 14.6. The van der Waals surface area contributed by atoms with E-state index >= 15 is 0 Å². The van der Waals surface area contributed by atoms with E-state index in [-0.39, 0.29) is 16.5 Å². The van der Waals surface area contributed by atoms with Gasteiger partial charge in [0.15, 0.2) is 0 Å². The van der Waals surface area contributed by atoms with Crippen molar-refractivity contribution >= 4 is 15.9 Å². The third-order valence-electron chi connectivity index (χ3n) is 2.61. The van der Waals surface area contributed by atoms with Crippen molar-refractivity contribution in [2.24, 2.45) is 5.14 Å². The first kappa shape index (κ1) is 15.6. The van der Waals surface area contributed by atoms with Crippen molar-refractivity contribution in [2.75, 3.05) is 0 Å². The molecule has 1 aromatic rings. The first-order valence-electron chi connectivity index (χ1n) is 5.89. The Labute approximate surface area is 112 Å². The van der Waals surface area contributed by atoms with Gasteiger partial charge in [0.05, 0.1) is 10.5 Å². The summed E-state index contributed by atoms with van der Waals surface area (Å²) in [5.74, 6) is -1.48. The summed E-state index contributed by atoms with van der Waals surface area (Å²) in [6.07, 6.45) is 1.68. The Morgan fingerprint density at radius 3 is 2.58 bits per heavy atom. The number of nitrogens with one attached hydrogen (secondary N) is 1. The molecule has 1 atom stereocenters. The van der Waals surface area contributed by atoms with Gasteiger partial charge in [-0.3, -0.25) is 4.79 Å². The Hall–Kier alpha value is -1.47. The van der Waals surface area contributed by atoms with Crippen LogP contribution in [0.5, 0.6) is 0 Å². The fourth-order valence-corrected chi connectivity index (χ4v) is 2.19. The second kappa shape index (κ2) is 6.12. The van der Waals surface area contributed by atoms with E-state index in [4.69, 9.17) is 5.14 Å². The van der Waals surface area contributed by atoms with E-state index in [1.54, 1.807) is 0 Å². The highest BCUT2D eigenvalue weighted by molar-refractivity contribution is 7.89. The summed E-state index contributed by atoms with van der Waals surface area (Å²) in [6.45, 7) is 3.79. The van der Waals surface area contributed by atoms with Gasteiger partial charge >= 0.3 is 0 Å². The van der Waals surface area contributed by atoms with Crippen LogP contribution in [0, 0.1) is 5.82 Å². The number of amides is 1. The zero-order valence-corrected chi connectivity index (χ0v) is 11.6. The van der Waals surface area contributed by atoms with Crippen LogP contribution in [0.25, 0.3) is 0 Å². The average Bonchev–Trinajstić information content (AvgIpc) is 2.27. The minimum atomic E-state index is -3.97. The Morgan fingerprint density at radius 1 is 1.47 bits per heavy atom. The van der Waals surface area contributed by atoms with Crippen LogP contribution in [-0.4, -0.2) is 20.4 Å². The first-order chi connectivity index (χ1) is 8.75. The molecule has 0 aliphatic heterocycles. The van der Waals surface area contributed by atoms with Crippen LogP contribution in [0.4, 0.5) is 4.39 Å². The van der Waals surface area contributed by atoms with Crippen molar-refractivity contribution in [3.63, 3.8) is 0 Å². The van der Waals surface area contributed by atoms with Crippen molar-refractivity contribution < 1.29 is 17.6 Å². The second-order valence-electron chi connectivity index (χ2n) is 4.35. The third-order valence-corrected chi connectivity index (χ3v) is 3.52. The number of nitrogens with two attached hydrogens (primary N) is 1. The van der Waals surface area contributed by atoms with Gasteiger partial charge in [0.2, 0.25) is 10.0 Å². The van der Waals surface area contributed by atoms with Crippen LogP contribution in [0.1, 0.15) is 37.0 Å². The molecular weight excluding hydrogens is 271 g/mol. The number of benzene rings is 1. The van der Waals surface area contributed by atoms with Gasteiger partial charge in [0, 0.05) is 6.04 Å². The van der Waals surface area contributed by atoms with Gasteiger partial charge in [-0.1, -0.05) is 13.3 Å². The highest BCUT2D eigenvalue weighted by Gasteiger charge is 2.17. The van der Waals surface area contributed by atoms with Crippen LogP contribution >= 0.6 is 0 Å². The summed E-state index contributed by atoms with van der Waals surface area (Å²) in [5, 5.41) is 7.51. The van der Waals surface area contributed by atoms with E-state index in [1.165, 1.54) is 0 Å². The molecule has 1 amide bonds. The van der Waals surface area contributed by atoms with Crippen molar-refractivity contribution in [2.45, 2.75) is 37.6 Å². The van der Waals surface area contributed by atoms with Gasteiger partial charge in [0.1, 0.15) is 5.82 Å². The van der Waals surface area contributed by atoms with Crippen molar-refractivity contribution in [1.29, 1.82) is 0 Å². The largest absolute Gasteiger partial charge is 0.349 e. The molecule has 7 heteroatoms. The normalized spacial score (nSPS) is 13.1. The molecule has 5 nitrogen and oxygen atoms in total. The van der Waals surface area contributed by atoms with E-state index < -0.39 is 21.7 Å². The lowest BCUT2D eigenvalue weighted by Crippen LogP contribution is -2.33. The number of rotatable bonds is 5. The molecule has 0 saturated heterocycles. The molecule has 1 rings (SSSR count). The summed E-state index contributed by atoms with van der Waals surface area (Å²) < 4.78 is 35.8. The highest BCUT2D eigenvalue weighted by Crippen LogP contribution is 2.14. The number of carbonyl (C=O) groups excluding carboxylic acids is 1. The maximum Gasteiger partial charge on any atom is 0.254 e. The molecule has 0 aliphatic rings. The summed E-state index contributed by atoms with van der Waals surface area (Å²) in [6, 6.07) is 2.89. The van der Waals surface area contributed by atoms with Crippen LogP contribution in [0.2, 0.25) is 0 Å². The fourth-order valence-electron chi connectivity index (χ4n) is 1.66. The summed E-state index contributed by atoms with van der Waals surface area (Å²) in [4.78, 5) is 11.4. The van der Waals surface area contributed by atoms with Crippen LogP contribution in [0.3, 0.4) is 0 Å². The fraction of sp³-hybridized carbons (Fsp3) is 0.417. The third kappa shape index (κ3) is 4.29. The lowest BCUT2D eigenvalue weighted by molar-refractivity contribution is 0.0934. The maximum absolute atomic E-state index is 13.7. The smallest absolute Gasteiger partial charge is 0.254 e. The Balaban J connectivity index is 2.94. The molecule has 1 unspecified atom stereocenters. The van der Waals surface area contributed by atoms with Crippen LogP contribution in [-0.2, 0) is 10.0 Å². The van der Waals surface area contributed by atoms with E-state index in [0.29, 0.717) is 0 Å². The molecule has 3 N–H and O–H groups in total. The monoisotopic (exact) mass is 288 g/mol. The zero-order valence-electron chi connectivity index (χ0n) is 10.8. The van der Waals surface area contributed by atoms with Crippen LogP contribution in [0.15, 0.2) is 23.1 Å². The second-order valence-corrected chi connectivity index (χ2v) is 5.91. The van der Waals surface area contributed by atoms with E-state index in [1.807, 2.05) is 13.8 Å². The molecule has 1 aromatic carbocycles. The minimum Gasteiger partial charge on any atom is -0.349 e. The number of sulfonamides is 1. The topological polar surface area (TPSA) is 89.3 Å². The molecule has 0 radical (unpaired) electrons. The van der Waals surface area contributed by atoms with Crippen molar-refractivity contribution in [1.82, 2.24) is 5.32 Å². The van der Waals surface area contributed by atoms with E-state index in [0.717, 1.165) is 31.0 Å². The molecule has 0 saturated carbocycles. The van der Waals surface area contributed by atoms with Gasteiger partial charge in [-0.15, -0.1) is 0 Å². The SMILES string of the molecule is CCCC(C)NC(=O)c1ccc(S(N)(=O)=O)cc1F. The predicted octanol–water partition coefficient (Wildman–Crippen LogP) is 1.39. The number of carbonyl (C=O) groups is 1. The Morgan fingerprint density at radius 2 is 2.11 bits per heavy atom. The van der Waals surface area contributed by atoms with Crippen molar-refractivity contribution in [3.8, 4) is 0 Å². The lowest BCUT2D eigenvalue weighted by Gasteiger charge is -2.13.